The molecule has 0 aliphatic rings. The number of fused-ring (bicyclic) bond motifs is 1. The summed E-state index contributed by atoms with van der Waals surface area (Å²) >= 11 is 9.18. The molecule has 0 amide bonds. The monoisotopic (exact) mass is 492 g/mol. The van der Waals surface area contributed by atoms with E-state index in [4.69, 9.17) is 11.6 Å². The Bertz CT molecular complexity index is 1520. The highest BCUT2D eigenvalue weighted by molar-refractivity contribution is 7.98. The van der Waals surface area contributed by atoms with Gasteiger partial charge in [-0.05, 0) is 55.3 Å². The lowest BCUT2D eigenvalue weighted by Gasteiger charge is -2.12. The first-order valence-electron chi connectivity index (χ1n) is 10.5. The molecule has 0 saturated carbocycles. The van der Waals surface area contributed by atoms with Gasteiger partial charge in [0.1, 0.15) is 0 Å². The highest BCUT2D eigenvalue weighted by Gasteiger charge is 2.18. The molecule has 33 heavy (non-hydrogen) atoms. The SMILES string of the molecule is Cc1ccc(C)c(CSc2nnc(Cn3c(=O)sc4ccccc43)n2-c2cccc(Cl)c2)c1. The van der Waals surface area contributed by atoms with Gasteiger partial charge in [-0.2, -0.15) is 0 Å². The number of halogens is 1. The van der Waals surface area contributed by atoms with Crippen molar-refractivity contribution in [2.75, 3.05) is 0 Å². The fourth-order valence-electron chi connectivity index (χ4n) is 3.77. The third-order valence-corrected chi connectivity index (χ3v) is 7.67. The summed E-state index contributed by atoms with van der Waals surface area (Å²) in [6, 6.07) is 21.9. The van der Waals surface area contributed by atoms with E-state index in [9.17, 15) is 4.79 Å². The molecule has 3 aromatic carbocycles. The van der Waals surface area contributed by atoms with Gasteiger partial charge in [-0.25, -0.2) is 0 Å². The summed E-state index contributed by atoms with van der Waals surface area (Å²) < 4.78 is 4.71. The molecule has 0 spiro atoms. The number of thiazole rings is 1. The molecule has 0 unspecified atom stereocenters. The Morgan fingerprint density at radius 1 is 1.00 bits per heavy atom. The second-order valence-electron chi connectivity index (χ2n) is 7.85. The zero-order chi connectivity index (χ0) is 22.9. The first kappa shape index (κ1) is 21.9. The molecule has 0 N–H and O–H groups in total. The van der Waals surface area contributed by atoms with Gasteiger partial charge in [-0.3, -0.25) is 13.9 Å². The molecular weight excluding hydrogens is 472 g/mol. The van der Waals surface area contributed by atoms with Crippen molar-refractivity contribution < 1.29 is 0 Å². The lowest BCUT2D eigenvalue weighted by atomic mass is 10.1. The first-order valence-corrected chi connectivity index (χ1v) is 12.6. The molecule has 0 aliphatic carbocycles. The van der Waals surface area contributed by atoms with E-state index in [0.29, 0.717) is 17.4 Å². The Kier molecular flexibility index (Phi) is 6.10. The zero-order valence-electron chi connectivity index (χ0n) is 18.2. The van der Waals surface area contributed by atoms with Gasteiger partial charge in [-0.1, -0.05) is 76.7 Å². The maximum atomic E-state index is 12.7. The fraction of sp³-hybridized carbons (Fsp3) is 0.160. The fourth-order valence-corrected chi connectivity index (χ4v) is 5.88. The number of hydrogen-bond acceptors (Lipinski definition) is 5. The van der Waals surface area contributed by atoms with Gasteiger partial charge < -0.3 is 0 Å². The molecule has 5 rings (SSSR count). The summed E-state index contributed by atoms with van der Waals surface area (Å²) in [6.45, 7) is 4.55. The predicted octanol–water partition coefficient (Wildman–Crippen LogP) is 6.25. The van der Waals surface area contributed by atoms with Crippen LogP contribution in [0.3, 0.4) is 0 Å². The van der Waals surface area contributed by atoms with Crippen LogP contribution < -0.4 is 4.87 Å². The lowest BCUT2D eigenvalue weighted by molar-refractivity contribution is 0.726. The maximum absolute atomic E-state index is 12.7. The first-order chi connectivity index (χ1) is 16.0. The number of nitrogens with zero attached hydrogens (tertiary/aromatic N) is 4. The normalized spacial score (nSPS) is 11.4. The maximum Gasteiger partial charge on any atom is 0.308 e. The standard InChI is InChI=1S/C25H21ClN4OS2/c1-16-10-11-17(2)18(12-16)15-32-24-28-27-23(30(24)20-7-5-6-19(26)13-20)14-29-21-8-3-4-9-22(21)33-25(29)31/h3-13H,14-15H2,1-2H3. The highest BCUT2D eigenvalue weighted by atomic mass is 35.5. The second kappa shape index (κ2) is 9.17. The molecule has 0 bridgehead atoms. The summed E-state index contributed by atoms with van der Waals surface area (Å²) in [7, 11) is 0. The minimum atomic E-state index is -0.0126. The molecule has 2 heterocycles. The third-order valence-electron chi connectivity index (χ3n) is 5.50. The quantitative estimate of drug-likeness (QED) is 0.263. The van der Waals surface area contributed by atoms with Crippen LogP contribution >= 0.6 is 34.7 Å². The summed E-state index contributed by atoms with van der Waals surface area (Å²) in [5.74, 6) is 1.46. The number of aryl methyl sites for hydroxylation is 2. The molecule has 166 valence electrons. The van der Waals surface area contributed by atoms with Gasteiger partial charge in [-0.15, -0.1) is 10.2 Å². The van der Waals surface area contributed by atoms with Crippen LogP contribution in [0.15, 0.2) is 76.7 Å². The second-order valence-corrected chi connectivity index (χ2v) is 10.2. The summed E-state index contributed by atoms with van der Waals surface area (Å²) in [5.41, 5.74) is 5.52. The van der Waals surface area contributed by atoms with Gasteiger partial charge in [0, 0.05) is 10.8 Å². The van der Waals surface area contributed by atoms with Crippen molar-refractivity contribution in [2.45, 2.75) is 31.3 Å². The minimum absolute atomic E-state index is 0.0126. The molecule has 0 radical (unpaired) electrons. The van der Waals surface area contributed by atoms with Gasteiger partial charge >= 0.3 is 4.87 Å². The number of benzene rings is 3. The summed E-state index contributed by atoms with van der Waals surface area (Å²) in [5, 5.41) is 10.4. The molecule has 0 aliphatic heterocycles. The van der Waals surface area contributed by atoms with Crippen molar-refractivity contribution in [2.24, 2.45) is 0 Å². The summed E-state index contributed by atoms with van der Waals surface area (Å²) in [6.07, 6.45) is 0. The van der Waals surface area contributed by atoms with Crippen LogP contribution in [0.2, 0.25) is 5.02 Å². The highest BCUT2D eigenvalue weighted by Crippen LogP contribution is 2.28. The van der Waals surface area contributed by atoms with Gasteiger partial charge in [0.15, 0.2) is 11.0 Å². The van der Waals surface area contributed by atoms with Crippen LogP contribution in [0, 0.1) is 13.8 Å². The smallest absolute Gasteiger partial charge is 0.291 e. The topological polar surface area (TPSA) is 52.7 Å². The Balaban J connectivity index is 1.55. The molecule has 0 saturated heterocycles. The van der Waals surface area contributed by atoms with E-state index in [1.54, 1.807) is 16.3 Å². The van der Waals surface area contributed by atoms with Gasteiger partial charge in [0.05, 0.1) is 22.4 Å². The zero-order valence-corrected chi connectivity index (χ0v) is 20.5. The van der Waals surface area contributed by atoms with E-state index < -0.39 is 0 Å². The van der Waals surface area contributed by atoms with Crippen LogP contribution in [-0.4, -0.2) is 19.3 Å². The molecule has 0 fully saturated rings. The Labute approximate surface area is 204 Å². The van der Waals surface area contributed by atoms with E-state index in [1.165, 1.54) is 28.0 Å². The molecule has 5 aromatic rings. The van der Waals surface area contributed by atoms with E-state index in [0.717, 1.165) is 26.8 Å². The van der Waals surface area contributed by atoms with Crippen molar-refractivity contribution in [3.63, 3.8) is 0 Å². The van der Waals surface area contributed by atoms with Crippen molar-refractivity contribution >= 4 is 44.9 Å². The van der Waals surface area contributed by atoms with E-state index in [2.05, 4.69) is 42.2 Å². The van der Waals surface area contributed by atoms with E-state index >= 15 is 0 Å². The molecule has 8 heteroatoms. The predicted molar refractivity (Wildman–Crippen MR) is 137 cm³/mol. The van der Waals surface area contributed by atoms with Crippen molar-refractivity contribution in [1.82, 2.24) is 19.3 Å². The number of hydrogen-bond donors (Lipinski definition) is 0. The Hall–Kier alpha value is -2.87. The van der Waals surface area contributed by atoms with Crippen LogP contribution in [0.25, 0.3) is 15.9 Å². The van der Waals surface area contributed by atoms with Crippen molar-refractivity contribution in [3.8, 4) is 5.69 Å². The lowest BCUT2D eigenvalue weighted by Crippen LogP contribution is -2.16. The number of thioether (sulfide) groups is 1. The van der Waals surface area contributed by atoms with E-state index in [1.807, 2.05) is 53.1 Å². The average molecular weight is 493 g/mol. The van der Waals surface area contributed by atoms with Crippen LogP contribution in [0.4, 0.5) is 0 Å². The van der Waals surface area contributed by atoms with Gasteiger partial charge in [0.25, 0.3) is 0 Å². The number of rotatable bonds is 6. The molecule has 5 nitrogen and oxygen atoms in total. The van der Waals surface area contributed by atoms with E-state index in [-0.39, 0.29) is 4.87 Å². The summed E-state index contributed by atoms with van der Waals surface area (Å²) in [4.78, 5) is 12.7. The molecule has 0 atom stereocenters. The van der Waals surface area contributed by atoms with Crippen LogP contribution in [0.5, 0.6) is 0 Å². The minimum Gasteiger partial charge on any atom is -0.291 e. The van der Waals surface area contributed by atoms with Crippen LogP contribution in [0.1, 0.15) is 22.5 Å². The van der Waals surface area contributed by atoms with Gasteiger partial charge in [0.2, 0.25) is 0 Å². The van der Waals surface area contributed by atoms with Crippen LogP contribution in [-0.2, 0) is 12.3 Å². The molecule has 2 aromatic heterocycles. The average Bonchev–Trinajstić information content (AvgIpc) is 3.35. The Morgan fingerprint density at radius 3 is 2.70 bits per heavy atom. The Morgan fingerprint density at radius 2 is 1.85 bits per heavy atom. The third kappa shape index (κ3) is 4.49. The number of para-hydroxylation sites is 1. The van der Waals surface area contributed by atoms with Crippen molar-refractivity contribution in [3.05, 3.63) is 104 Å². The largest absolute Gasteiger partial charge is 0.308 e. The number of aromatic nitrogens is 4. The van der Waals surface area contributed by atoms with Crippen molar-refractivity contribution in [1.29, 1.82) is 0 Å². The molecular formula is C25H21ClN4OS2.